The van der Waals surface area contributed by atoms with Crippen molar-refractivity contribution >= 4 is 63.6 Å². The van der Waals surface area contributed by atoms with E-state index in [-0.39, 0.29) is 32.2 Å². The molecule has 2 saturated heterocycles. The molecule has 0 spiro atoms. The minimum atomic E-state index is -1.19. The predicted octanol–water partition coefficient (Wildman–Crippen LogP) is 0.990. The highest BCUT2D eigenvalue weighted by Gasteiger charge is 2.34. The van der Waals surface area contributed by atoms with E-state index >= 15 is 0 Å². The second-order valence-corrected chi connectivity index (χ2v) is 9.59. The highest BCUT2D eigenvalue weighted by molar-refractivity contribution is 8.26. The molecule has 0 atom stereocenters. The number of nitrogens with two attached hydrogens (primary N) is 1. The van der Waals surface area contributed by atoms with Crippen molar-refractivity contribution in [1.82, 2.24) is 14.3 Å². The molecule has 0 saturated carbocycles. The van der Waals surface area contributed by atoms with Crippen LogP contribution in [0, 0.1) is 12.8 Å². The average molecular weight is 488 g/mol. The number of carbonyl (C=O) groups is 3. The van der Waals surface area contributed by atoms with E-state index in [1.807, 2.05) is 17.9 Å². The van der Waals surface area contributed by atoms with Crippen LogP contribution in [0.3, 0.4) is 0 Å². The van der Waals surface area contributed by atoms with Crippen LogP contribution in [0.25, 0.3) is 11.7 Å². The molecule has 0 aromatic carbocycles. The summed E-state index contributed by atoms with van der Waals surface area (Å²) in [6.07, 6.45) is 4.16. The first-order valence-electron chi connectivity index (χ1n) is 10.2. The number of amides is 2. The molecule has 0 unspecified atom stereocenters. The van der Waals surface area contributed by atoms with E-state index in [9.17, 15) is 19.2 Å². The van der Waals surface area contributed by atoms with Crippen LogP contribution in [0.1, 0.15) is 24.0 Å². The van der Waals surface area contributed by atoms with Gasteiger partial charge in [0.15, 0.2) is 0 Å². The third-order valence-electron chi connectivity index (χ3n) is 5.62. The zero-order chi connectivity index (χ0) is 23.9. The van der Waals surface area contributed by atoms with Gasteiger partial charge in [0.1, 0.15) is 22.3 Å². The van der Waals surface area contributed by atoms with Crippen molar-refractivity contribution in [2.45, 2.75) is 19.8 Å². The maximum absolute atomic E-state index is 13.5. The molecule has 0 radical (unpaired) electrons. The number of aromatic nitrogens is 2. The van der Waals surface area contributed by atoms with Crippen LogP contribution in [0.5, 0.6) is 0 Å². The molecule has 12 heteroatoms. The molecule has 10 nitrogen and oxygen atoms in total. The molecule has 4 rings (SSSR count). The first-order valence-corrected chi connectivity index (χ1v) is 11.4. The van der Waals surface area contributed by atoms with Crippen molar-refractivity contribution in [3.63, 3.8) is 0 Å². The summed E-state index contributed by atoms with van der Waals surface area (Å²) < 4.78 is 1.53. The number of hydrogen-bond acceptors (Lipinski definition) is 8. The van der Waals surface area contributed by atoms with Gasteiger partial charge in [0.25, 0.3) is 11.5 Å². The first-order chi connectivity index (χ1) is 15.7. The lowest BCUT2D eigenvalue weighted by molar-refractivity contribution is -0.140. The van der Waals surface area contributed by atoms with E-state index in [1.54, 1.807) is 12.3 Å². The molecule has 33 heavy (non-hydrogen) atoms. The van der Waals surface area contributed by atoms with Gasteiger partial charge in [0.2, 0.25) is 5.91 Å². The van der Waals surface area contributed by atoms with Crippen LogP contribution in [-0.4, -0.2) is 61.1 Å². The fourth-order valence-corrected chi connectivity index (χ4v) is 5.13. The summed E-state index contributed by atoms with van der Waals surface area (Å²) in [5.74, 6) is -1.94. The van der Waals surface area contributed by atoms with Gasteiger partial charge in [-0.05, 0) is 37.5 Å². The first kappa shape index (κ1) is 22.9. The van der Waals surface area contributed by atoms with E-state index in [0.717, 1.165) is 22.2 Å². The Morgan fingerprint density at radius 2 is 2.00 bits per heavy atom. The Morgan fingerprint density at radius 3 is 2.64 bits per heavy atom. The van der Waals surface area contributed by atoms with Gasteiger partial charge in [0.05, 0.1) is 10.5 Å². The topological polar surface area (TPSA) is 138 Å². The van der Waals surface area contributed by atoms with Crippen LogP contribution < -0.4 is 16.2 Å². The molecule has 2 aliphatic heterocycles. The number of nitrogens with zero attached hydrogens (tertiary/aromatic N) is 4. The van der Waals surface area contributed by atoms with Crippen molar-refractivity contribution in [2.24, 2.45) is 11.7 Å². The number of primary amides is 1. The third-order valence-corrected chi connectivity index (χ3v) is 7.00. The number of thiocarbonyl (C=S) groups is 1. The maximum atomic E-state index is 13.5. The van der Waals surface area contributed by atoms with Gasteiger partial charge in [-0.2, -0.15) is 0 Å². The van der Waals surface area contributed by atoms with Crippen LogP contribution >= 0.6 is 24.0 Å². The number of hydrogen-bond donors (Lipinski definition) is 2. The van der Waals surface area contributed by atoms with E-state index in [1.165, 1.54) is 10.5 Å². The molecular formula is C21H21N5O5S2. The van der Waals surface area contributed by atoms with Gasteiger partial charge in [-0.15, -0.1) is 0 Å². The van der Waals surface area contributed by atoms with Crippen molar-refractivity contribution in [2.75, 3.05) is 24.5 Å². The second-order valence-electron chi connectivity index (χ2n) is 7.91. The maximum Gasteiger partial charge on any atom is 0.323 e. The van der Waals surface area contributed by atoms with Gasteiger partial charge >= 0.3 is 5.97 Å². The normalized spacial score (nSPS) is 18.5. The van der Waals surface area contributed by atoms with E-state index in [0.29, 0.717) is 37.4 Å². The molecule has 3 N–H and O–H groups in total. The Morgan fingerprint density at radius 1 is 1.30 bits per heavy atom. The molecule has 2 amide bonds. The summed E-state index contributed by atoms with van der Waals surface area (Å²) in [4.78, 5) is 56.6. The number of carboxylic acid groups (broad SMARTS) is 1. The molecule has 2 fully saturated rings. The number of anilines is 1. The Balaban J connectivity index is 1.81. The van der Waals surface area contributed by atoms with Crippen LogP contribution in [-0.2, 0) is 14.4 Å². The standard InChI is InChI=1S/C21H21N5O5S2/c1-11-2-3-15-23-18(24-6-4-12(5-7-24)17(22)29)13(19(30)25(15)9-11)8-14-20(31)26(10-16(27)28)21(32)33-14/h2-3,8-9,12H,4-7,10H2,1H3,(H2,22,29)(H,27,28). The Hall–Kier alpha value is -3.25. The van der Waals surface area contributed by atoms with Gasteiger partial charge in [-0.3, -0.25) is 28.5 Å². The van der Waals surface area contributed by atoms with E-state index in [2.05, 4.69) is 0 Å². The molecule has 2 aliphatic rings. The van der Waals surface area contributed by atoms with Gasteiger partial charge in [0, 0.05) is 25.2 Å². The highest BCUT2D eigenvalue weighted by Crippen LogP contribution is 2.34. The molecular weight excluding hydrogens is 466 g/mol. The summed E-state index contributed by atoms with van der Waals surface area (Å²) in [7, 11) is 0. The lowest BCUT2D eigenvalue weighted by Gasteiger charge is -2.32. The van der Waals surface area contributed by atoms with Crippen LogP contribution in [0.4, 0.5) is 5.82 Å². The Labute approximate surface area is 198 Å². The number of aliphatic carboxylic acids is 1. The Kier molecular flexibility index (Phi) is 6.21. The minimum Gasteiger partial charge on any atom is -0.480 e. The second kappa shape index (κ2) is 8.94. The molecule has 4 heterocycles. The largest absolute Gasteiger partial charge is 0.480 e. The number of piperidine rings is 1. The number of fused-ring (bicyclic) bond motifs is 1. The van der Waals surface area contributed by atoms with Gasteiger partial charge < -0.3 is 15.7 Å². The molecule has 2 aromatic heterocycles. The zero-order valence-corrected chi connectivity index (χ0v) is 19.3. The Bertz CT molecular complexity index is 1280. The smallest absolute Gasteiger partial charge is 0.323 e. The predicted molar refractivity (Wildman–Crippen MR) is 128 cm³/mol. The zero-order valence-electron chi connectivity index (χ0n) is 17.7. The summed E-state index contributed by atoms with van der Waals surface area (Å²) in [6, 6.07) is 3.59. The van der Waals surface area contributed by atoms with Gasteiger partial charge in [-0.25, -0.2) is 4.98 Å². The minimum absolute atomic E-state index is 0.113. The monoisotopic (exact) mass is 487 g/mol. The SMILES string of the molecule is Cc1ccc2nc(N3CCC(C(N)=O)CC3)c(C=C3SC(=S)N(CC(=O)O)C3=O)c(=O)n2c1. The number of carboxylic acids is 1. The number of thioether (sulfide) groups is 1. The molecule has 172 valence electrons. The number of carbonyl (C=O) groups excluding carboxylic acids is 2. The van der Waals surface area contributed by atoms with Crippen LogP contribution in [0.15, 0.2) is 28.0 Å². The summed E-state index contributed by atoms with van der Waals surface area (Å²) in [5.41, 5.74) is 6.60. The van der Waals surface area contributed by atoms with Crippen molar-refractivity contribution in [3.05, 3.63) is 44.7 Å². The fraction of sp³-hybridized carbons (Fsp3) is 0.333. The van der Waals surface area contributed by atoms with Crippen molar-refractivity contribution < 1.29 is 19.5 Å². The molecule has 0 bridgehead atoms. The average Bonchev–Trinajstić information content (AvgIpc) is 3.03. The molecule has 2 aromatic rings. The van der Waals surface area contributed by atoms with Crippen molar-refractivity contribution in [3.8, 4) is 0 Å². The van der Waals surface area contributed by atoms with E-state index < -0.39 is 18.4 Å². The quantitative estimate of drug-likeness (QED) is 0.467. The highest BCUT2D eigenvalue weighted by atomic mass is 32.2. The van der Waals surface area contributed by atoms with Crippen LogP contribution in [0.2, 0.25) is 0 Å². The molecule has 0 aliphatic carbocycles. The van der Waals surface area contributed by atoms with Gasteiger partial charge in [-0.1, -0.05) is 30.0 Å². The third kappa shape index (κ3) is 4.48. The number of aryl methyl sites for hydroxylation is 1. The lowest BCUT2D eigenvalue weighted by atomic mass is 9.96. The van der Waals surface area contributed by atoms with Crippen molar-refractivity contribution in [1.29, 1.82) is 0 Å². The summed E-state index contributed by atoms with van der Waals surface area (Å²) in [6.45, 7) is 2.25. The summed E-state index contributed by atoms with van der Waals surface area (Å²) >= 11 is 6.11. The number of pyridine rings is 1. The number of rotatable bonds is 5. The lowest BCUT2D eigenvalue weighted by Crippen LogP contribution is -2.40. The fourth-order valence-electron chi connectivity index (χ4n) is 3.89. The summed E-state index contributed by atoms with van der Waals surface area (Å²) in [5, 5.41) is 9.06. The van der Waals surface area contributed by atoms with E-state index in [4.69, 9.17) is 28.0 Å².